The molecule has 0 saturated carbocycles. The smallest absolute Gasteiger partial charge is 0.0749 e. The molecule has 0 aromatic heterocycles. The molecule has 1 aromatic rings. The van der Waals surface area contributed by atoms with Crippen LogP contribution >= 0.6 is 11.6 Å². The molecule has 0 amide bonds. The Morgan fingerprint density at radius 3 is 2.90 bits per heavy atom. The fourth-order valence-corrected chi connectivity index (χ4v) is 3.27. The fraction of sp³-hybridized carbons (Fsp3) is 0.647. The van der Waals surface area contributed by atoms with E-state index in [-0.39, 0.29) is 6.04 Å². The van der Waals surface area contributed by atoms with Crippen molar-refractivity contribution in [3.8, 4) is 0 Å². The normalized spacial score (nSPS) is 20.3. The molecule has 1 aliphatic heterocycles. The number of benzene rings is 1. The van der Waals surface area contributed by atoms with Gasteiger partial charge < -0.3 is 15.4 Å². The van der Waals surface area contributed by atoms with Gasteiger partial charge in [-0.25, -0.2) is 0 Å². The Morgan fingerprint density at radius 2 is 2.24 bits per heavy atom. The Labute approximate surface area is 133 Å². The van der Waals surface area contributed by atoms with Gasteiger partial charge in [-0.3, -0.25) is 0 Å². The van der Waals surface area contributed by atoms with Crippen LogP contribution in [0.5, 0.6) is 0 Å². The number of ether oxygens (including phenoxy) is 1. The fourth-order valence-electron chi connectivity index (χ4n) is 2.93. The molecule has 0 radical (unpaired) electrons. The van der Waals surface area contributed by atoms with E-state index in [9.17, 15) is 0 Å². The standard InChI is InChI=1S/C17H27ClN2O/c1-3-14(19)11-13-7-6-9-16(18)17(13)20(2)12-15-8-4-5-10-21-15/h6-7,9,14-15H,3-5,8,10-12,19H2,1-2H3. The van der Waals surface area contributed by atoms with Crippen LogP contribution in [0.25, 0.3) is 0 Å². The molecule has 2 unspecified atom stereocenters. The Kier molecular flexibility index (Phi) is 6.34. The molecule has 0 spiro atoms. The number of hydrogen-bond donors (Lipinski definition) is 1. The second kappa shape index (κ2) is 8.02. The maximum absolute atomic E-state index is 6.45. The van der Waals surface area contributed by atoms with Gasteiger partial charge in [0, 0.05) is 26.2 Å². The third kappa shape index (κ3) is 4.60. The summed E-state index contributed by atoms with van der Waals surface area (Å²) in [5, 5.41) is 0.800. The zero-order chi connectivity index (χ0) is 15.2. The number of rotatable bonds is 6. The highest BCUT2D eigenvalue weighted by Crippen LogP contribution is 2.31. The van der Waals surface area contributed by atoms with Gasteiger partial charge in [0.2, 0.25) is 0 Å². The summed E-state index contributed by atoms with van der Waals surface area (Å²) in [5.41, 5.74) is 8.46. The van der Waals surface area contributed by atoms with Crippen LogP contribution in [0, 0.1) is 0 Å². The lowest BCUT2D eigenvalue weighted by Crippen LogP contribution is -2.34. The average Bonchev–Trinajstić information content (AvgIpc) is 2.48. The molecule has 4 heteroatoms. The maximum atomic E-state index is 6.45. The van der Waals surface area contributed by atoms with E-state index in [0.29, 0.717) is 6.10 Å². The van der Waals surface area contributed by atoms with Crippen LogP contribution < -0.4 is 10.6 Å². The Bertz CT molecular complexity index is 446. The Hall–Kier alpha value is -0.770. The number of hydrogen-bond acceptors (Lipinski definition) is 3. The number of para-hydroxylation sites is 1. The molecule has 1 aliphatic rings. The summed E-state index contributed by atoms with van der Waals surface area (Å²) in [7, 11) is 2.10. The van der Waals surface area contributed by atoms with E-state index in [1.165, 1.54) is 18.4 Å². The van der Waals surface area contributed by atoms with Crippen LogP contribution in [-0.2, 0) is 11.2 Å². The van der Waals surface area contributed by atoms with Gasteiger partial charge in [0.05, 0.1) is 16.8 Å². The second-order valence-electron chi connectivity index (χ2n) is 5.99. The first kappa shape index (κ1) is 16.6. The first-order valence-electron chi connectivity index (χ1n) is 7.97. The van der Waals surface area contributed by atoms with Gasteiger partial charge in [-0.15, -0.1) is 0 Å². The summed E-state index contributed by atoms with van der Waals surface area (Å²) in [6, 6.07) is 6.28. The number of likely N-dealkylation sites (N-methyl/N-ethyl adjacent to an activating group) is 1. The lowest BCUT2D eigenvalue weighted by atomic mass is 10.0. The molecule has 0 bridgehead atoms. The van der Waals surface area contributed by atoms with Gasteiger partial charge in [-0.2, -0.15) is 0 Å². The summed E-state index contributed by atoms with van der Waals surface area (Å²) < 4.78 is 5.84. The zero-order valence-corrected chi connectivity index (χ0v) is 13.9. The molecule has 2 N–H and O–H groups in total. The van der Waals surface area contributed by atoms with E-state index >= 15 is 0 Å². The van der Waals surface area contributed by atoms with Crippen molar-refractivity contribution in [3.05, 3.63) is 28.8 Å². The number of halogens is 1. The Balaban J connectivity index is 2.12. The van der Waals surface area contributed by atoms with Crippen molar-refractivity contribution in [2.75, 3.05) is 25.1 Å². The van der Waals surface area contributed by atoms with E-state index in [2.05, 4.69) is 24.9 Å². The zero-order valence-electron chi connectivity index (χ0n) is 13.1. The minimum atomic E-state index is 0.182. The molecule has 2 rings (SSSR count). The summed E-state index contributed by atoms with van der Waals surface area (Å²) in [6.07, 6.45) is 5.73. The highest BCUT2D eigenvalue weighted by molar-refractivity contribution is 6.33. The van der Waals surface area contributed by atoms with E-state index in [1.54, 1.807) is 0 Å². The highest BCUT2D eigenvalue weighted by atomic mass is 35.5. The van der Waals surface area contributed by atoms with Gasteiger partial charge in [-0.05, 0) is 43.7 Å². The molecule has 2 atom stereocenters. The SMILES string of the molecule is CCC(N)Cc1cccc(Cl)c1N(C)CC1CCCCO1. The molecule has 1 fully saturated rings. The van der Waals surface area contributed by atoms with Crippen molar-refractivity contribution in [2.45, 2.75) is 51.2 Å². The van der Waals surface area contributed by atoms with Crippen LogP contribution in [0.3, 0.4) is 0 Å². The van der Waals surface area contributed by atoms with Crippen molar-refractivity contribution in [3.63, 3.8) is 0 Å². The topological polar surface area (TPSA) is 38.5 Å². The summed E-state index contributed by atoms with van der Waals surface area (Å²) in [5.74, 6) is 0. The van der Waals surface area contributed by atoms with E-state index in [1.807, 2.05) is 12.1 Å². The van der Waals surface area contributed by atoms with Crippen LogP contribution in [-0.4, -0.2) is 32.3 Å². The van der Waals surface area contributed by atoms with Crippen LogP contribution in [0.1, 0.15) is 38.2 Å². The van der Waals surface area contributed by atoms with Gasteiger partial charge >= 0.3 is 0 Å². The van der Waals surface area contributed by atoms with Crippen molar-refractivity contribution in [2.24, 2.45) is 5.73 Å². The molecule has 118 valence electrons. The highest BCUT2D eigenvalue weighted by Gasteiger charge is 2.19. The first-order chi connectivity index (χ1) is 10.1. The van der Waals surface area contributed by atoms with Gasteiger partial charge in [0.1, 0.15) is 0 Å². The van der Waals surface area contributed by atoms with Crippen molar-refractivity contribution < 1.29 is 4.74 Å². The van der Waals surface area contributed by atoms with Crippen LogP contribution in [0.2, 0.25) is 5.02 Å². The summed E-state index contributed by atoms with van der Waals surface area (Å²) in [6.45, 7) is 3.89. The lowest BCUT2D eigenvalue weighted by molar-refractivity contribution is 0.0216. The van der Waals surface area contributed by atoms with Gasteiger partial charge in [0.25, 0.3) is 0 Å². The third-order valence-corrected chi connectivity index (χ3v) is 4.52. The van der Waals surface area contributed by atoms with Gasteiger partial charge in [-0.1, -0.05) is 30.7 Å². The molecule has 1 heterocycles. The van der Waals surface area contributed by atoms with E-state index < -0.39 is 0 Å². The Morgan fingerprint density at radius 1 is 1.43 bits per heavy atom. The first-order valence-corrected chi connectivity index (χ1v) is 8.35. The molecular weight excluding hydrogens is 284 g/mol. The predicted octanol–water partition coefficient (Wildman–Crippen LogP) is 3.63. The van der Waals surface area contributed by atoms with Crippen molar-refractivity contribution >= 4 is 17.3 Å². The predicted molar refractivity (Wildman–Crippen MR) is 90.3 cm³/mol. The lowest BCUT2D eigenvalue weighted by Gasteiger charge is -2.30. The summed E-state index contributed by atoms with van der Waals surface area (Å²) >= 11 is 6.45. The van der Waals surface area contributed by atoms with Crippen LogP contribution in [0.4, 0.5) is 5.69 Å². The van der Waals surface area contributed by atoms with Crippen molar-refractivity contribution in [1.82, 2.24) is 0 Å². The minimum Gasteiger partial charge on any atom is -0.376 e. The monoisotopic (exact) mass is 310 g/mol. The third-order valence-electron chi connectivity index (χ3n) is 4.21. The second-order valence-corrected chi connectivity index (χ2v) is 6.40. The largest absolute Gasteiger partial charge is 0.376 e. The minimum absolute atomic E-state index is 0.182. The number of nitrogens with zero attached hydrogens (tertiary/aromatic N) is 1. The van der Waals surface area contributed by atoms with Gasteiger partial charge in [0.15, 0.2) is 0 Å². The quantitative estimate of drug-likeness (QED) is 0.872. The van der Waals surface area contributed by atoms with E-state index in [4.69, 9.17) is 22.1 Å². The maximum Gasteiger partial charge on any atom is 0.0749 e. The van der Waals surface area contributed by atoms with Crippen LogP contribution in [0.15, 0.2) is 18.2 Å². The molecule has 1 aromatic carbocycles. The molecule has 0 aliphatic carbocycles. The average molecular weight is 311 g/mol. The molecular formula is C17H27ClN2O. The molecule has 1 saturated heterocycles. The summed E-state index contributed by atoms with van der Waals surface area (Å²) in [4.78, 5) is 2.23. The molecule has 3 nitrogen and oxygen atoms in total. The van der Waals surface area contributed by atoms with Crippen molar-refractivity contribution in [1.29, 1.82) is 0 Å². The molecule has 21 heavy (non-hydrogen) atoms. The van der Waals surface area contributed by atoms with E-state index in [0.717, 1.165) is 43.1 Å². The number of nitrogens with two attached hydrogens (primary N) is 1. The number of anilines is 1.